The summed E-state index contributed by atoms with van der Waals surface area (Å²) in [7, 11) is 0. The Morgan fingerprint density at radius 1 is 1.14 bits per heavy atom. The van der Waals surface area contributed by atoms with E-state index in [1.807, 2.05) is 12.1 Å². The van der Waals surface area contributed by atoms with Gasteiger partial charge in [0.15, 0.2) is 0 Å². The molecular formula is C14H14N4O3. The Morgan fingerprint density at radius 3 is 2.10 bits per heavy atom. The van der Waals surface area contributed by atoms with Gasteiger partial charge in [0.25, 0.3) is 5.69 Å². The molecule has 7 heteroatoms. The number of hydrogen-bond donors (Lipinski definition) is 0. The highest BCUT2D eigenvalue weighted by molar-refractivity contribution is 5.78. The Bertz CT molecular complexity index is 566. The molecule has 7 nitrogen and oxygen atoms in total. The van der Waals surface area contributed by atoms with Gasteiger partial charge in [-0.1, -0.05) is 12.1 Å². The zero-order valence-corrected chi connectivity index (χ0v) is 11.4. The average molecular weight is 286 g/mol. The lowest BCUT2D eigenvalue weighted by Crippen LogP contribution is -2.33. The Balaban J connectivity index is 2.69. The maximum Gasteiger partial charge on any atom is 0.269 e. The van der Waals surface area contributed by atoms with E-state index in [-0.39, 0.29) is 43.9 Å². The van der Waals surface area contributed by atoms with Crippen LogP contribution in [0, 0.1) is 32.8 Å². The molecule has 0 aliphatic rings. The first-order valence-electron chi connectivity index (χ1n) is 6.33. The van der Waals surface area contributed by atoms with Gasteiger partial charge in [0.2, 0.25) is 5.91 Å². The molecule has 1 aromatic rings. The summed E-state index contributed by atoms with van der Waals surface area (Å²) in [5.74, 6) is -0.200. The third-order valence-corrected chi connectivity index (χ3v) is 2.84. The lowest BCUT2D eigenvalue weighted by atomic mass is 10.1. The van der Waals surface area contributed by atoms with Crippen molar-refractivity contribution in [3.05, 3.63) is 39.9 Å². The smallest absolute Gasteiger partial charge is 0.269 e. The minimum Gasteiger partial charge on any atom is -0.340 e. The van der Waals surface area contributed by atoms with E-state index in [4.69, 9.17) is 10.5 Å². The summed E-state index contributed by atoms with van der Waals surface area (Å²) in [6.45, 7) is 0.563. The Hall–Kier alpha value is -2.93. The summed E-state index contributed by atoms with van der Waals surface area (Å²) in [6.07, 6.45) is 0.504. The fourth-order valence-electron chi connectivity index (χ4n) is 1.75. The van der Waals surface area contributed by atoms with Gasteiger partial charge in [0, 0.05) is 25.2 Å². The number of nitriles is 2. The normalized spacial score (nSPS) is 9.43. The van der Waals surface area contributed by atoms with Crippen LogP contribution in [0.5, 0.6) is 0 Å². The minimum absolute atomic E-state index is 0.0305. The van der Waals surface area contributed by atoms with E-state index >= 15 is 0 Å². The number of amides is 1. The highest BCUT2D eigenvalue weighted by atomic mass is 16.6. The fraction of sp³-hybridized carbons (Fsp3) is 0.357. The molecule has 1 amide bonds. The zero-order valence-electron chi connectivity index (χ0n) is 11.4. The van der Waals surface area contributed by atoms with Crippen molar-refractivity contribution < 1.29 is 9.72 Å². The van der Waals surface area contributed by atoms with Crippen molar-refractivity contribution in [2.24, 2.45) is 0 Å². The molecule has 0 spiro atoms. The van der Waals surface area contributed by atoms with Crippen LogP contribution in [-0.2, 0) is 11.2 Å². The minimum atomic E-state index is -0.502. The van der Waals surface area contributed by atoms with Crippen LogP contribution in [0.15, 0.2) is 24.3 Å². The van der Waals surface area contributed by atoms with E-state index in [1.54, 1.807) is 0 Å². The molecule has 1 rings (SSSR count). The van der Waals surface area contributed by atoms with Crippen molar-refractivity contribution in [2.75, 3.05) is 13.1 Å². The molecule has 0 unspecified atom stereocenters. The molecule has 0 aliphatic carbocycles. The van der Waals surface area contributed by atoms with Crippen LogP contribution in [0.4, 0.5) is 5.69 Å². The summed E-state index contributed by atoms with van der Waals surface area (Å²) < 4.78 is 0. The maximum atomic E-state index is 12.1. The summed E-state index contributed by atoms with van der Waals surface area (Å²) in [5.41, 5.74) is 0.626. The van der Waals surface area contributed by atoms with Crippen molar-refractivity contribution in [3.63, 3.8) is 0 Å². The lowest BCUT2D eigenvalue weighted by Gasteiger charge is -2.20. The van der Waals surface area contributed by atoms with Crippen molar-refractivity contribution in [2.45, 2.75) is 19.3 Å². The van der Waals surface area contributed by atoms with E-state index < -0.39 is 4.92 Å². The van der Waals surface area contributed by atoms with E-state index in [9.17, 15) is 14.9 Å². The number of rotatable bonds is 7. The zero-order chi connectivity index (χ0) is 15.7. The standard InChI is InChI=1S/C14H14N4O3/c15-7-1-9-17(10-2-8-16)14(19)11-12-3-5-13(6-4-12)18(20)21/h3-6H,1-2,9-11H2. The second kappa shape index (κ2) is 8.28. The van der Waals surface area contributed by atoms with Crippen LogP contribution >= 0.6 is 0 Å². The number of benzene rings is 1. The van der Waals surface area contributed by atoms with Crippen LogP contribution in [0.2, 0.25) is 0 Å². The van der Waals surface area contributed by atoms with Crippen molar-refractivity contribution in [1.29, 1.82) is 10.5 Å². The first-order valence-corrected chi connectivity index (χ1v) is 6.33. The van der Waals surface area contributed by atoms with Gasteiger partial charge >= 0.3 is 0 Å². The van der Waals surface area contributed by atoms with Crippen LogP contribution in [0.1, 0.15) is 18.4 Å². The highest BCUT2D eigenvalue weighted by Gasteiger charge is 2.14. The van der Waals surface area contributed by atoms with Gasteiger partial charge in [0.1, 0.15) is 0 Å². The first kappa shape index (κ1) is 16.1. The van der Waals surface area contributed by atoms with Crippen molar-refractivity contribution >= 4 is 11.6 Å². The molecular weight excluding hydrogens is 272 g/mol. The Morgan fingerprint density at radius 2 is 1.67 bits per heavy atom. The SMILES string of the molecule is N#CCCN(CCC#N)C(=O)Cc1ccc([N+](=O)[O-])cc1. The molecule has 0 aliphatic heterocycles. The molecule has 0 aromatic heterocycles. The van der Waals surface area contributed by atoms with Gasteiger partial charge < -0.3 is 4.90 Å². The number of carbonyl (C=O) groups is 1. The predicted octanol–water partition coefficient (Wildman–Crippen LogP) is 1.79. The maximum absolute atomic E-state index is 12.1. The van der Waals surface area contributed by atoms with Gasteiger partial charge in [0.05, 0.1) is 36.3 Å². The predicted molar refractivity (Wildman–Crippen MR) is 73.8 cm³/mol. The van der Waals surface area contributed by atoms with Gasteiger partial charge in [-0.15, -0.1) is 0 Å². The second-order valence-corrected chi connectivity index (χ2v) is 4.30. The topological polar surface area (TPSA) is 111 Å². The molecule has 0 heterocycles. The summed E-state index contributed by atoms with van der Waals surface area (Å²) in [4.78, 5) is 23.6. The number of non-ortho nitro benzene ring substituents is 1. The third kappa shape index (κ3) is 5.29. The van der Waals surface area contributed by atoms with Crippen molar-refractivity contribution in [1.82, 2.24) is 4.90 Å². The van der Waals surface area contributed by atoms with E-state index in [0.29, 0.717) is 5.56 Å². The largest absolute Gasteiger partial charge is 0.340 e. The summed E-state index contributed by atoms with van der Waals surface area (Å²) in [6, 6.07) is 9.67. The van der Waals surface area contributed by atoms with Gasteiger partial charge in [-0.3, -0.25) is 14.9 Å². The Labute approximate surface area is 122 Å². The molecule has 0 bridgehead atoms. The average Bonchev–Trinajstić information content (AvgIpc) is 2.47. The quantitative estimate of drug-likeness (QED) is 0.560. The molecule has 0 N–H and O–H groups in total. The number of nitro groups is 1. The van der Waals surface area contributed by atoms with E-state index in [1.165, 1.54) is 29.2 Å². The molecule has 0 fully saturated rings. The molecule has 21 heavy (non-hydrogen) atoms. The van der Waals surface area contributed by atoms with E-state index in [0.717, 1.165) is 0 Å². The highest BCUT2D eigenvalue weighted by Crippen LogP contribution is 2.13. The Kier molecular flexibility index (Phi) is 6.36. The number of hydrogen-bond acceptors (Lipinski definition) is 5. The van der Waals surface area contributed by atoms with Gasteiger partial charge in [-0.05, 0) is 5.56 Å². The lowest BCUT2D eigenvalue weighted by molar-refractivity contribution is -0.384. The van der Waals surface area contributed by atoms with Gasteiger partial charge in [-0.25, -0.2) is 0 Å². The molecule has 1 aromatic carbocycles. The monoisotopic (exact) mass is 286 g/mol. The summed E-state index contributed by atoms with van der Waals surface area (Å²) >= 11 is 0. The third-order valence-electron chi connectivity index (χ3n) is 2.84. The van der Waals surface area contributed by atoms with Gasteiger partial charge in [-0.2, -0.15) is 10.5 Å². The molecule has 0 radical (unpaired) electrons. The number of nitrogens with zero attached hydrogens (tertiary/aromatic N) is 4. The fourth-order valence-corrected chi connectivity index (χ4v) is 1.75. The van der Waals surface area contributed by atoms with Crippen molar-refractivity contribution in [3.8, 4) is 12.1 Å². The molecule has 0 saturated carbocycles. The molecule has 108 valence electrons. The van der Waals surface area contributed by atoms with Crippen LogP contribution in [-0.4, -0.2) is 28.8 Å². The van der Waals surface area contributed by atoms with Crippen LogP contribution in [0.25, 0.3) is 0 Å². The van der Waals surface area contributed by atoms with Crippen LogP contribution < -0.4 is 0 Å². The van der Waals surface area contributed by atoms with E-state index in [2.05, 4.69) is 0 Å². The number of carbonyl (C=O) groups excluding carboxylic acids is 1. The molecule has 0 saturated heterocycles. The van der Waals surface area contributed by atoms with Crippen LogP contribution in [0.3, 0.4) is 0 Å². The second-order valence-electron chi connectivity index (χ2n) is 4.30. The first-order chi connectivity index (χ1) is 10.1. The molecule has 0 atom stereocenters. The summed E-state index contributed by atoms with van der Waals surface area (Å²) in [5, 5.41) is 27.7. The number of nitro benzene ring substituents is 1.